The van der Waals surface area contributed by atoms with Gasteiger partial charge >= 0.3 is 0 Å². The third-order valence-electron chi connectivity index (χ3n) is 2.23. The summed E-state index contributed by atoms with van der Waals surface area (Å²) in [7, 11) is 0. The van der Waals surface area contributed by atoms with Crippen molar-refractivity contribution >= 4 is 11.8 Å². The Balaban J connectivity index is 2.67. The summed E-state index contributed by atoms with van der Waals surface area (Å²) in [5.74, 6) is 0. The lowest BCUT2D eigenvalue weighted by atomic mass is 10.1. The monoisotopic (exact) mass is 202 g/mol. The zero-order valence-corrected chi connectivity index (χ0v) is 9.83. The molecule has 1 atom stereocenters. The van der Waals surface area contributed by atoms with Crippen LogP contribution in [-0.4, -0.2) is 11.8 Å². The fourth-order valence-electron chi connectivity index (χ4n) is 1.45. The van der Waals surface area contributed by atoms with E-state index in [1.165, 1.54) is 11.3 Å². The number of hydrogen-bond acceptors (Lipinski definition) is 0. The number of rotatable bonds is 4. The summed E-state index contributed by atoms with van der Waals surface area (Å²) in [4.78, 5) is 3.43. The predicted octanol–water partition coefficient (Wildman–Crippen LogP) is 2.04. The molecule has 15 heavy (non-hydrogen) atoms. The Morgan fingerprint density at radius 3 is 2.47 bits per heavy atom. The van der Waals surface area contributed by atoms with Crippen molar-refractivity contribution in [1.29, 1.82) is 0 Å². The molecule has 0 bridgehead atoms. The van der Waals surface area contributed by atoms with Crippen LogP contribution in [0, 0.1) is 0 Å². The molecule has 0 amide bonds. The summed E-state index contributed by atoms with van der Waals surface area (Å²) in [5, 5.41) is 0. The zero-order chi connectivity index (χ0) is 11.1. The van der Waals surface area contributed by atoms with Crippen LogP contribution < -0.4 is 4.99 Å². The van der Waals surface area contributed by atoms with Crippen LogP contribution >= 0.6 is 0 Å². The second-order valence-electron chi connectivity index (χ2n) is 3.93. The van der Waals surface area contributed by atoms with E-state index in [0.717, 1.165) is 6.42 Å². The van der Waals surface area contributed by atoms with Crippen molar-refractivity contribution < 1.29 is 4.99 Å². The molecule has 1 aromatic carbocycles. The molecule has 0 spiro atoms. The Kier molecular flexibility index (Phi) is 4.82. The SMILES string of the molecule is CCC(/C=C/c1ccccc1)[NH+]=C(C)C. The van der Waals surface area contributed by atoms with E-state index in [4.69, 9.17) is 0 Å². The highest BCUT2D eigenvalue weighted by Crippen LogP contribution is 2.01. The quantitative estimate of drug-likeness (QED) is 0.718. The van der Waals surface area contributed by atoms with Crippen molar-refractivity contribution in [2.24, 2.45) is 0 Å². The van der Waals surface area contributed by atoms with Gasteiger partial charge in [0.15, 0.2) is 6.04 Å². The molecule has 1 aromatic rings. The van der Waals surface area contributed by atoms with E-state index in [0.29, 0.717) is 6.04 Å². The van der Waals surface area contributed by atoms with Crippen LogP contribution in [0.25, 0.3) is 6.08 Å². The van der Waals surface area contributed by atoms with E-state index >= 15 is 0 Å². The van der Waals surface area contributed by atoms with Crippen LogP contribution in [0.5, 0.6) is 0 Å². The fraction of sp³-hybridized carbons (Fsp3) is 0.357. The Morgan fingerprint density at radius 1 is 1.27 bits per heavy atom. The molecule has 0 saturated carbocycles. The third kappa shape index (κ3) is 4.59. The largest absolute Gasteiger partial charge is 0.243 e. The van der Waals surface area contributed by atoms with E-state index < -0.39 is 0 Å². The Hall–Kier alpha value is -1.37. The molecule has 0 fully saturated rings. The average Bonchev–Trinajstić information content (AvgIpc) is 2.25. The van der Waals surface area contributed by atoms with Gasteiger partial charge in [0.1, 0.15) is 5.71 Å². The molecule has 1 N–H and O–H groups in total. The first kappa shape index (κ1) is 11.7. The minimum atomic E-state index is 0.440. The second-order valence-corrected chi connectivity index (χ2v) is 3.93. The molecule has 0 aromatic heterocycles. The van der Waals surface area contributed by atoms with Gasteiger partial charge in [-0.2, -0.15) is 0 Å². The van der Waals surface area contributed by atoms with Crippen LogP contribution in [0.4, 0.5) is 0 Å². The maximum atomic E-state index is 3.43. The van der Waals surface area contributed by atoms with Gasteiger partial charge in [0.25, 0.3) is 0 Å². The first-order valence-corrected chi connectivity index (χ1v) is 5.52. The molecule has 0 aliphatic heterocycles. The van der Waals surface area contributed by atoms with Crippen LogP contribution in [0.1, 0.15) is 32.8 Å². The molecule has 0 aliphatic rings. The highest BCUT2D eigenvalue weighted by molar-refractivity contribution is 5.72. The molecular formula is C14H20N+. The van der Waals surface area contributed by atoms with Gasteiger partial charge in [-0.1, -0.05) is 43.3 Å². The van der Waals surface area contributed by atoms with Crippen LogP contribution in [0.3, 0.4) is 0 Å². The Morgan fingerprint density at radius 2 is 1.93 bits per heavy atom. The number of nitrogens with one attached hydrogen (secondary N) is 1. The molecule has 1 nitrogen and oxygen atoms in total. The van der Waals surface area contributed by atoms with Crippen LogP contribution in [-0.2, 0) is 0 Å². The smallest absolute Gasteiger partial charge is 0.169 e. The first-order chi connectivity index (χ1) is 7.22. The normalized spacial score (nSPS) is 12.7. The minimum absolute atomic E-state index is 0.440. The summed E-state index contributed by atoms with van der Waals surface area (Å²) in [6.45, 7) is 6.38. The predicted molar refractivity (Wildman–Crippen MR) is 66.9 cm³/mol. The molecule has 1 unspecified atom stereocenters. The van der Waals surface area contributed by atoms with Crippen molar-refractivity contribution in [3.8, 4) is 0 Å². The molecule has 0 radical (unpaired) electrons. The van der Waals surface area contributed by atoms with Gasteiger partial charge in [-0.05, 0) is 11.6 Å². The fourth-order valence-corrected chi connectivity index (χ4v) is 1.45. The Bertz CT molecular complexity index is 332. The third-order valence-corrected chi connectivity index (χ3v) is 2.23. The number of benzene rings is 1. The van der Waals surface area contributed by atoms with Gasteiger partial charge in [0, 0.05) is 20.3 Å². The second kappa shape index (κ2) is 6.18. The van der Waals surface area contributed by atoms with E-state index in [1.54, 1.807) is 0 Å². The van der Waals surface area contributed by atoms with Gasteiger partial charge in [-0.25, -0.2) is 4.99 Å². The topological polar surface area (TPSA) is 14.0 Å². The van der Waals surface area contributed by atoms with Crippen LogP contribution in [0.15, 0.2) is 36.4 Å². The summed E-state index contributed by atoms with van der Waals surface area (Å²) >= 11 is 0. The molecule has 0 heterocycles. The lowest BCUT2D eigenvalue weighted by molar-refractivity contribution is -0.489. The van der Waals surface area contributed by atoms with E-state index in [1.807, 2.05) is 6.07 Å². The van der Waals surface area contributed by atoms with Gasteiger partial charge in [0.2, 0.25) is 0 Å². The first-order valence-electron chi connectivity index (χ1n) is 5.52. The lowest BCUT2D eigenvalue weighted by Gasteiger charge is -1.98. The van der Waals surface area contributed by atoms with Crippen molar-refractivity contribution in [1.82, 2.24) is 0 Å². The summed E-state index contributed by atoms with van der Waals surface area (Å²) in [6, 6.07) is 10.8. The van der Waals surface area contributed by atoms with Gasteiger partial charge in [0.05, 0.1) is 0 Å². The molecule has 0 aliphatic carbocycles. The zero-order valence-electron chi connectivity index (χ0n) is 9.83. The van der Waals surface area contributed by atoms with Crippen molar-refractivity contribution in [2.75, 3.05) is 0 Å². The van der Waals surface area contributed by atoms with E-state index in [-0.39, 0.29) is 0 Å². The van der Waals surface area contributed by atoms with Gasteiger partial charge < -0.3 is 0 Å². The van der Waals surface area contributed by atoms with Crippen LogP contribution in [0.2, 0.25) is 0 Å². The lowest BCUT2D eigenvalue weighted by Crippen LogP contribution is -2.78. The molecule has 80 valence electrons. The van der Waals surface area contributed by atoms with E-state index in [2.05, 4.69) is 62.2 Å². The minimum Gasteiger partial charge on any atom is -0.243 e. The highest BCUT2D eigenvalue weighted by atomic mass is 14.8. The van der Waals surface area contributed by atoms with E-state index in [9.17, 15) is 0 Å². The summed E-state index contributed by atoms with van der Waals surface area (Å²) < 4.78 is 0. The molecule has 0 saturated heterocycles. The van der Waals surface area contributed by atoms with Crippen molar-refractivity contribution in [3.63, 3.8) is 0 Å². The van der Waals surface area contributed by atoms with Crippen molar-refractivity contribution in [2.45, 2.75) is 33.2 Å². The molecular weight excluding hydrogens is 182 g/mol. The van der Waals surface area contributed by atoms with Gasteiger partial charge in [-0.15, -0.1) is 0 Å². The maximum Gasteiger partial charge on any atom is 0.169 e. The number of hydrogen-bond donors (Lipinski definition) is 1. The standard InChI is InChI=1S/C14H19N/c1-4-14(15-12(2)3)11-10-13-8-6-5-7-9-13/h5-11,14H,4H2,1-3H3/p+1/b11-10+. The summed E-state index contributed by atoms with van der Waals surface area (Å²) in [5.41, 5.74) is 2.52. The molecule has 1 heteroatoms. The average molecular weight is 202 g/mol. The maximum absolute atomic E-state index is 3.43. The van der Waals surface area contributed by atoms with Gasteiger partial charge in [-0.3, -0.25) is 0 Å². The molecule has 1 rings (SSSR count). The highest BCUT2D eigenvalue weighted by Gasteiger charge is 2.03. The van der Waals surface area contributed by atoms with Crippen molar-refractivity contribution in [3.05, 3.63) is 42.0 Å². The Labute approximate surface area is 92.6 Å². The summed E-state index contributed by atoms with van der Waals surface area (Å²) in [6.07, 6.45) is 5.50.